The number of aromatic nitrogens is 1. The second-order valence-electron chi connectivity index (χ2n) is 5.09. The predicted molar refractivity (Wildman–Crippen MR) is 77.9 cm³/mol. The van der Waals surface area contributed by atoms with Gasteiger partial charge in [-0.3, -0.25) is 0 Å². The first kappa shape index (κ1) is 13.7. The zero-order valence-electron chi connectivity index (χ0n) is 10.9. The van der Waals surface area contributed by atoms with Gasteiger partial charge in [-0.1, -0.05) is 6.92 Å². The minimum Gasteiger partial charge on any atom is -0.396 e. The van der Waals surface area contributed by atoms with E-state index in [-0.39, 0.29) is 6.61 Å². The zero-order chi connectivity index (χ0) is 12.8. The summed E-state index contributed by atoms with van der Waals surface area (Å²) in [6.45, 7) is 2.57. The Kier molecular flexibility index (Phi) is 5.32. The van der Waals surface area contributed by atoms with Crippen molar-refractivity contribution in [1.29, 1.82) is 0 Å². The number of rotatable bonds is 6. The highest BCUT2D eigenvalue weighted by molar-refractivity contribution is 7.98. The molecule has 100 valence electrons. The molecular weight excluding hydrogens is 244 g/mol. The van der Waals surface area contributed by atoms with Gasteiger partial charge in [0, 0.05) is 23.7 Å². The summed E-state index contributed by atoms with van der Waals surface area (Å²) in [5, 5.41) is 12.3. The zero-order valence-corrected chi connectivity index (χ0v) is 11.7. The van der Waals surface area contributed by atoms with Gasteiger partial charge in [0.2, 0.25) is 0 Å². The highest BCUT2D eigenvalue weighted by Gasteiger charge is 2.21. The van der Waals surface area contributed by atoms with Gasteiger partial charge >= 0.3 is 0 Å². The van der Waals surface area contributed by atoms with E-state index in [4.69, 9.17) is 5.11 Å². The Labute approximate surface area is 113 Å². The van der Waals surface area contributed by atoms with Crippen molar-refractivity contribution in [1.82, 2.24) is 4.98 Å². The van der Waals surface area contributed by atoms with Gasteiger partial charge in [0.25, 0.3) is 0 Å². The molecule has 1 aromatic heterocycles. The number of nitrogens with zero attached hydrogens (tertiary/aromatic N) is 1. The van der Waals surface area contributed by atoms with Crippen LogP contribution in [0.2, 0.25) is 0 Å². The van der Waals surface area contributed by atoms with Crippen LogP contribution in [0, 0.1) is 5.92 Å². The minimum absolute atomic E-state index is 0.251. The van der Waals surface area contributed by atoms with Gasteiger partial charge in [0.1, 0.15) is 5.82 Å². The molecule has 4 heteroatoms. The lowest BCUT2D eigenvalue weighted by Gasteiger charge is -2.13. The molecule has 0 aromatic carbocycles. The van der Waals surface area contributed by atoms with Crippen LogP contribution in [-0.4, -0.2) is 28.5 Å². The number of aliphatic hydroxyl groups excluding tert-OH is 1. The summed E-state index contributed by atoms with van der Waals surface area (Å²) in [6.07, 6.45) is 5.71. The van der Waals surface area contributed by atoms with Crippen molar-refractivity contribution < 1.29 is 5.11 Å². The van der Waals surface area contributed by atoms with Crippen molar-refractivity contribution in [3.8, 4) is 0 Å². The third kappa shape index (κ3) is 4.18. The molecule has 1 fully saturated rings. The summed E-state index contributed by atoms with van der Waals surface area (Å²) in [7, 11) is 0. The molecule has 1 heterocycles. The lowest BCUT2D eigenvalue weighted by atomic mass is 10.1. The van der Waals surface area contributed by atoms with E-state index in [0.717, 1.165) is 23.2 Å². The quantitative estimate of drug-likeness (QED) is 0.777. The van der Waals surface area contributed by atoms with E-state index in [9.17, 15) is 0 Å². The number of aliphatic hydroxyl groups is 1. The molecule has 0 spiro atoms. The van der Waals surface area contributed by atoms with Crippen molar-refractivity contribution in [3.05, 3.63) is 23.9 Å². The Morgan fingerprint density at radius 2 is 2.39 bits per heavy atom. The second kappa shape index (κ2) is 7.00. The van der Waals surface area contributed by atoms with Crippen LogP contribution in [0.25, 0.3) is 0 Å². The van der Waals surface area contributed by atoms with Crippen LogP contribution in [0.5, 0.6) is 0 Å². The number of nitrogens with one attached hydrogen (secondary N) is 1. The molecule has 1 aliphatic carbocycles. The van der Waals surface area contributed by atoms with Gasteiger partial charge in [-0.05, 0) is 42.9 Å². The summed E-state index contributed by atoms with van der Waals surface area (Å²) in [6, 6.07) is 4.77. The number of anilines is 1. The monoisotopic (exact) mass is 266 g/mol. The van der Waals surface area contributed by atoms with E-state index in [0.29, 0.717) is 6.04 Å². The van der Waals surface area contributed by atoms with Crippen LogP contribution in [0.1, 0.15) is 31.7 Å². The molecule has 18 heavy (non-hydrogen) atoms. The molecule has 0 bridgehead atoms. The third-order valence-corrected chi connectivity index (χ3v) is 4.38. The van der Waals surface area contributed by atoms with Gasteiger partial charge in [0.05, 0.1) is 6.61 Å². The summed E-state index contributed by atoms with van der Waals surface area (Å²) in [4.78, 5) is 4.39. The average molecular weight is 266 g/mol. The Bertz CT molecular complexity index is 373. The topological polar surface area (TPSA) is 45.1 Å². The van der Waals surface area contributed by atoms with E-state index >= 15 is 0 Å². The highest BCUT2D eigenvalue weighted by atomic mass is 32.2. The molecule has 0 unspecified atom stereocenters. The molecule has 0 amide bonds. The molecule has 1 aliphatic rings. The Morgan fingerprint density at radius 3 is 3.11 bits per heavy atom. The van der Waals surface area contributed by atoms with E-state index in [1.807, 2.05) is 12.3 Å². The summed E-state index contributed by atoms with van der Waals surface area (Å²) >= 11 is 1.75. The van der Waals surface area contributed by atoms with Crippen LogP contribution >= 0.6 is 11.8 Å². The molecular formula is C14H22N2OS. The Morgan fingerprint density at radius 1 is 1.50 bits per heavy atom. The van der Waals surface area contributed by atoms with Crippen molar-refractivity contribution >= 4 is 17.6 Å². The standard InChI is InChI=1S/C14H22N2OS/c1-11-2-3-13(8-11)16-14-9-12(4-5-15-14)10-18-7-6-17/h4-5,9,11,13,17H,2-3,6-8,10H2,1H3,(H,15,16)/t11-,13+/m0/s1. The first-order valence-electron chi connectivity index (χ1n) is 6.68. The van der Waals surface area contributed by atoms with Crippen LogP contribution in [-0.2, 0) is 5.75 Å². The lowest BCUT2D eigenvalue weighted by molar-refractivity contribution is 0.322. The lowest BCUT2D eigenvalue weighted by Crippen LogP contribution is -2.16. The van der Waals surface area contributed by atoms with Gasteiger partial charge in [-0.25, -0.2) is 4.98 Å². The Balaban J connectivity index is 1.86. The van der Waals surface area contributed by atoms with Crippen molar-refractivity contribution in [2.75, 3.05) is 17.7 Å². The van der Waals surface area contributed by atoms with E-state index in [1.54, 1.807) is 11.8 Å². The number of thioether (sulfide) groups is 1. The first-order valence-corrected chi connectivity index (χ1v) is 7.83. The fourth-order valence-electron chi connectivity index (χ4n) is 2.44. The normalized spacial score (nSPS) is 23.2. The van der Waals surface area contributed by atoms with Crippen LogP contribution in [0.15, 0.2) is 18.3 Å². The van der Waals surface area contributed by atoms with E-state index in [1.165, 1.54) is 24.8 Å². The first-order chi connectivity index (χ1) is 8.78. The number of pyridine rings is 1. The fourth-order valence-corrected chi connectivity index (χ4v) is 3.13. The van der Waals surface area contributed by atoms with Gasteiger partial charge in [-0.2, -0.15) is 11.8 Å². The van der Waals surface area contributed by atoms with Crippen molar-refractivity contribution in [3.63, 3.8) is 0 Å². The highest BCUT2D eigenvalue weighted by Crippen LogP contribution is 2.27. The average Bonchev–Trinajstić information content (AvgIpc) is 2.76. The van der Waals surface area contributed by atoms with Gasteiger partial charge < -0.3 is 10.4 Å². The van der Waals surface area contributed by atoms with E-state index < -0.39 is 0 Å². The molecule has 3 nitrogen and oxygen atoms in total. The maximum absolute atomic E-state index is 8.77. The third-order valence-electron chi connectivity index (χ3n) is 3.38. The number of hydrogen-bond acceptors (Lipinski definition) is 4. The molecule has 0 saturated heterocycles. The largest absolute Gasteiger partial charge is 0.396 e. The SMILES string of the molecule is C[C@H]1CC[C@@H](Nc2cc(CSCCO)ccn2)C1. The summed E-state index contributed by atoms with van der Waals surface area (Å²) in [5.74, 6) is 3.58. The maximum Gasteiger partial charge on any atom is 0.126 e. The minimum atomic E-state index is 0.251. The summed E-state index contributed by atoms with van der Waals surface area (Å²) in [5.41, 5.74) is 1.27. The number of hydrogen-bond donors (Lipinski definition) is 2. The van der Waals surface area contributed by atoms with Crippen LogP contribution < -0.4 is 5.32 Å². The molecule has 2 rings (SSSR count). The van der Waals surface area contributed by atoms with Gasteiger partial charge in [-0.15, -0.1) is 0 Å². The van der Waals surface area contributed by atoms with Crippen molar-refractivity contribution in [2.24, 2.45) is 5.92 Å². The Hall–Kier alpha value is -0.740. The van der Waals surface area contributed by atoms with Crippen molar-refractivity contribution in [2.45, 2.75) is 38.0 Å². The van der Waals surface area contributed by atoms with Crippen LogP contribution in [0.3, 0.4) is 0 Å². The van der Waals surface area contributed by atoms with Crippen LogP contribution in [0.4, 0.5) is 5.82 Å². The summed E-state index contributed by atoms with van der Waals surface area (Å²) < 4.78 is 0. The predicted octanol–water partition coefficient (Wildman–Crippen LogP) is 2.91. The molecule has 1 aromatic rings. The molecule has 2 N–H and O–H groups in total. The smallest absolute Gasteiger partial charge is 0.126 e. The maximum atomic E-state index is 8.77. The fraction of sp³-hybridized carbons (Fsp3) is 0.643. The molecule has 0 radical (unpaired) electrons. The second-order valence-corrected chi connectivity index (χ2v) is 6.19. The molecule has 2 atom stereocenters. The molecule has 0 aliphatic heterocycles. The van der Waals surface area contributed by atoms with Gasteiger partial charge in [0.15, 0.2) is 0 Å². The van der Waals surface area contributed by atoms with E-state index in [2.05, 4.69) is 23.3 Å². The molecule has 1 saturated carbocycles.